The second-order valence-corrected chi connectivity index (χ2v) is 10.5. The van der Waals surface area contributed by atoms with E-state index in [1.807, 2.05) is 0 Å². The molecule has 4 nitrogen and oxygen atoms in total. The summed E-state index contributed by atoms with van der Waals surface area (Å²) in [6.07, 6.45) is 11.9. The Labute approximate surface area is 171 Å². The van der Waals surface area contributed by atoms with Crippen LogP contribution in [0.1, 0.15) is 78.6 Å². The molecule has 0 unspecified atom stereocenters. The number of nitrogens with zero attached hydrogens (tertiary/aromatic N) is 1. The first-order chi connectivity index (χ1) is 12.1. The lowest BCUT2D eigenvalue weighted by Crippen LogP contribution is -3.00. The Morgan fingerprint density at radius 3 is 1.19 bits per heavy atom. The highest BCUT2D eigenvalue weighted by Crippen LogP contribution is 2.22. The third kappa shape index (κ3) is 11.2. The first-order valence-corrected chi connectivity index (χ1v) is 12.5. The fourth-order valence-corrected chi connectivity index (χ4v) is 5.55. The monoisotopic (exact) mass is 411 g/mol. The Hall–Kier alpha value is 0.347. The molecule has 0 radical (unpaired) electrons. The molecule has 0 saturated carbocycles. The van der Waals surface area contributed by atoms with Crippen molar-refractivity contribution < 1.29 is 30.2 Å². The molecule has 0 heterocycles. The van der Waals surface area contributed by atoms with Gasteiger partial charge in [-0.3, -0.25) is 0 Å². The van der Waals surface area contributed by atoms with Gasteiger partial charge in [-0.2, -0.15) is 0 Å². The Balaban J connectivity index is 0. The van der Waals surface area contributed by atoms with Gasteiger partial charge in [0.25, 0.3) is 0 Å². The van der Waals surface area contributed by atoms with E-state index in [1.165, 1.54) is 81.9 Å². The van der Waals surface area contributed by atoms with Gasteiger partial charge in [-0.25, -0.2) is 0 Å². The van der Waals surface area contributed by atoms with Crippen LogP contribution in [0.4, 0.5) is 0 Å². The maximum Gasteiger partial charge on any atom is 0.505 e. The SMILES string of the molecule is CCCCC[N+](CCCCC)(CCCCC)CC[Si](OC)(OC)OC.[Cl-]. The lowest BCUT2D eigenvalue weighted by molar-refractivity contribution is -0.927. The van der Waals surface area contributed by atoms with Crippen LogP contribution in [-0.2, 0) is 13.3 Å². The van der Waals surface area contributed by atoms with E-state index >= 15 is 0 Å². The van der Waals surface area contributed by atoms with Crippen molar-refractivity contribution in [2.45, 2.75) is 84.6 Å². The van der Waals surface area contributed by atoms with Crippen molar-refractivity contribution in [3.05, 3.63) is 0 Å². The number of quaternary nitrogens is 1. The Morgan fingerprint density at radius 2 is 0.923 bits per heavy atom. The molecule has 0 spiro atoms. The van der Waals surface area contributed by atoms with Gasteiger partial charge in [-0.05, 0) is 38.5 Å². The van der Waals surface area contributed by atoms with Gasteiger partial charge in [-0.15, -0.1) is 0 Å². The van der Waals surface area contributed by atoms with Crippen LogP contribution in [0.15, 0.2) is 0 Å². The largest absolute Gasteiger partial charge is 1.00 e. The van der Waals surface area contributed by atoms with E-state index in [4.69, 9.17) is 13.3 Å². The molecule has 0 amide bonds. The van der Waals surface area contributed by atoms with Gasteiger partial charge in [0.1, 0.15) is 0 Å². The summed E-state index contributed by atoms with van der Waals surface area (Å²) in [5.41, 5.74) is 0. The van der Waals surface area contributed by atoms with Crippen LogP contribution in [0.25, 0.3) is 0 Å². The topological polar surface area (TPSA) is 27.7 Å². The quantitative estimate of drug-likeness (QED) is 0.197. The Morgan fingerprint density at radius 1 is 0.577 bits per heavy atom. The standard InChI is InChI=1S/C20H46NO3Si.ClH/c1-7-10-13-16-21(17-14-11-8-2,18-15-12-9-3)19-20-25(22-4,23-5)24-6;/h7-20H2,1-6H3;1H/q+1;/p-1. The van der Waals surface area contributed by atoms with Crippen molar-refractivity contribution in [1.29, 1.82) is 0 Å². The number of hydrogen-bond acceptors (Lipinski definition) is 3. The van der Waals surface area contributed by atoms with Crippen molar-refractivity contribution in [1.82, 2.24) is 0 Å². The normalized spacial score (nSPS) is 12.2. The average molecular weight is 412 g/mol. The second kappa shape index (κ2) is 17.4. The summed E-state index contributed by atoms with van der Waals surface area (Å²) in [5.74, 6) is 0. The predicted octanol–water partition coefficient (Wildman–Crippen LogP) is 2.26. The summed E-state index contributed by atoms with van der Waals surface area (Å²) in [6.45, 7) is 11.9. The minimum absolute atomic E-state index is 0. The molecule has 0 fully saturated rings. The van der Waals surface area contributed by atoms with Gasteiger partial charge in [0.15, 0.2) is 0 Å². The molecule has 160 valence electrons. The van der Waals surface area contributed by atoms with E-state index in [1.54, 1.807) is 21.3 Å². The lowest BCUT2D eigenvalue weighted by Gasteiger charge is -2.41. The van der Waals surface area contributed by atoms with Crippen molar-refractivity contribution in [3.63, 3.8) is 0 Å². The minimum Gasteiger partial charge on any atom is -1.00 e. The number of unbranched alkanes of at least 4 members (excludes halogenated alkanes) is 6. The van der Waals surface area contributed by atoms with Gasteiger partial charge in [0, 0.05) is 21.3 Å². The van der Waals surface area contributed by atoms with Crippen molar-refractivity contribution in [2.75, 3.05) is 47.5 Å². The molecule has 0 aromatic rings. The Bertz CT molecular complexity index is 270. The Kier molecular flexibility index (Phi) is 19.2. The smallest absolute Gasteiger partial charge is 0.505 e. The molecule has 0 atom stereocenters. The zero-order valence-electron chi connectivity index (χ0n) is 18.4. The van der Waals surface area contributed by atoms with Crippen LogP contribution in [0.3, 0.4) is 0 Å². The van der Waals surface area contributed by atoms with E-state index in [2.05, 4.69) is 20.8 Å². The number of halogens is 1. The van der Waals surface area contributed by atoms with Crippen LogP contribution in [0.2, 0.25) is 6.04 Å². The van der Waals surface area contributed by atoms with E-state index in [9.17, 15) is 0 Å². The molecule has 0 aromatic carbocycles. The van der Waals surface area contributed by atoms with Gasteiger partial charge in [-0.1, -0.05) is 40.0 Å². The summed E-state index contributed by atoms with van der Waals surface area (Å²) < 4.78 is 18.3. The summed E-state index contributed by atoms with van der Waals surface area (Å²) in [5, 5.41) is 0. The number of rotatable bonds is 18. The van der Waals surface area contributed by atoms with Crippen molar-refractivity contribution >= 4 is 8.80 Å². The summed E-state index contributed by atoms with van der Waals surface area (Å²) >= 11 is 0. The summed E-state index contributed by atoms with van der Waals surface area (Å²) in [6, 6.07) is 0.918. The van der Waals surface area contributed by atoms with E-state index in [0.717, 1.165) is 12.6 Å². The molecular formula is C20H46ClNO3Si. The summed E-state index contributed by atoms with van der Waals surface area (Å²) in [7, 11) is 2.72. The molecule has 0 aromatic heterocycles. The van der Waals surface area contributed by atoms with Gasteiger partial charge < -0.3 is 30.2 Å². The maximum atomic E-state index is 5.69. The van der Waals surface area contributed by atoms with Crippen LogP contribution >= 0.6 is 0 Å². The molecule has 6 heteroatoms. The van der Waals surface area contributed by atoms with Crippen LogP contribution in [-0.4, -0.2) is 60.8 Å². The summed E-state index contributed by atoms with van der Waals surface area (Å²) in [4.78, 5) is 0. The highest BCUT2D eigenvalue weighted by atomic mass is 35.5. The molecule has 0 saturated heterocycles. The average Bonchev–Trinajstić information content (AvgIpc) is 2.64. The first-order valence-electron chi connectivity index (χ1n) is 10.6. The third-order valence-electron chi connectivity index (χ3n) is 5.53. The fourth-order valence-electron chi connectivity index (χ4n) is 3.69. The molecule has 0 N–H and O–H groups in total. The van der Waals surface area contributed by atoms with Crippen molar-refractivity contribution in [3.8, 4) is 0 Å². The molecule has 0 rings (SSSR count). The second-order valence-electron chi connectivity index (χ2n) is 7.40. The third-order valence-corrected chi connectivity index (χ3v) is 8.24. The van der Waals surface area contributed by atoms with E-state index < -0.39 is 8.80 Å². The molecule has 0 bridgehead atoms. The number of hydrogen-bond donors (Lipinski definition) is 0. The zero-order valence-corrected chi connectivity index (χ0v) is 20.2. The maximum absolute atomic E-state index is 5.69. The van der Waals surface area contributed by atoms with Crippen LogP contribution < -0.4 is 12.4 Å². The highest BCUT2D eigenvalue weighted by Gasteiger charge is 2.41. The molecule has 0 aliphatic rings. The zero-order chi connectivity index (χ0) is 19.0. The lowest BCUT2D eigenvalue weighted by atomic mass is 10.1. The fraction of sp³-hybridized carbons (Fsp3) is 1.00. The highest BCUT2D eigenvalue weighted by molar-refractivity contribution is 6.60. The molecular weight excluding hydrogens is 366 g/mol. The van der Waals surface area contributed by atoms with Crippen LogP contribution in [0, 0.1) is 0 Å². The van der Waals surface area contributed by atoms with Crippen LogP contribution in [0.5, 0.6) is 0 Å². The molecule has 0 aliphatic heterocycles. The first kappa shape index (κ1) is 28.6. The van der Waals surface area contributed by atoms with E-state index in [-0.39, 0.29) is 12.4 Å². The van der Waals surface area contributed by atoms with Crippen molar-refractivity contribution in [2.24, 2.45) is 0 Å². The van der Waals surface area contributed by atoms with E-state index in [0.29, 0.717) is 0 Å². The predicted molar refractivity (Wildman–Crippen MR) is 110 cm³/mol. The minimum atomic E-state index is -2.49. The van der Waals surface area contributed by atoms with Gasteiger partial charge in [0.05, 0.1) is 32.2 Å². The molecule has 26 heavy (non-hydrogen) atoms. The van der Waals surface area contributed by atoms with Gasteiger partial charge >= 0.3 is 8.80 Å². The van der Waals surface area contributed by atoms with Gasteiger partial charge in [0.2, 0.25) is 0 Å². The molecule has 0 aliphatic carbocycles.